The van der Waals surface area contributed by atoms with E-state index in [9.17, 15) is 0 Å². The first kappa shape index (κ1) is 9.90. The zero-order chi connectivity index (χ0) is 9.68. The van der Waals surface area contributed by atoms with Gasteiger partial charge in [-0.15, -0.1) is 0 Å². The Kier molecular flexibility index (Phi) is 3.62. The lowest BCUT2D eigenvalue weighted by molar-refractivity contribution is 0.129. The average Bonchev–Trinajstić information content (AvgIpc) is 2.56. The van der Waals surface area contributed by atoms with Crippen molar-refractivity contribution in [3.05, 3.63) is 36.2 Å². The van der Waals surface area contributed by atoms with Gasteiger partial charge in [-0.05, 0) is 24.5 Å². The molecule has 1 aromatic heterocycles. The minimum atomic E-state index is 0.560. The van der Waals surface area contributed by atoms with Gasteiger partial charge in [-0.1, -0.05) is 26.5 Å². The Labute approximate surface area is 79.8 Å². The molecule has 13 heavy (non-hydrogen) atoms. The van der Waals surface area contributed by atoms with E-state index in [0.29, 0.717) is 6.61 Å². The highest BCUT2D eigenvalue weighted by Crippen LogP contribution is 2.11. The van der Waals surface area contributed by atoms with Gasteiger partial charge in [-0.3, -0.25) is 0 Å². The molecule has 0 saturated heterocycles. The predicted molar refractivity (Wildman–Crippen MR) is 54.8 cm³/mol. The number of aromatic nitrogens is 1. The van der Waals surface area contributed by atoms with E-state index in [2.05, 4.69) is 26.5 Å². The van der Waals surface area contributed by atoms with E-state index < -0.39 is 0 Å². The van der Waals surface area contributed by atoms with Crippen molar-refractivity contribution in [2.45, 2.75) is 26.7 Å². The second-order valence-corrected chi connectivity index (χ2v) is 2.91. The Bertz CT molecular complexity index is 276. The van der Waals surface area contributed by atoms with Crippen LogP contribution in [0, 0.1) is 0 Å². The fourth-order valence-corrected chi connectivity index (χ4v) is 1.44. The summed E-state index contributed by atoms with van der Waals surface area (Å²) in [6.07, 6.45) is 5.80. The Morgan fingerprint density at radius 1 is 1.46 bits per heavy atom. The molecule has 0 atom stereocenters. The Morgan fingerprint density at radius 2 is 2.23 bits per heavy atom. The molecule has 72 valence electrons. The van der Waals surface area contributed by atoms with Crippen molar-refractivity contribution in [1.29, 1.82) is 0 Å². The fourth-order valence-electron chi connectivity index (χ4n) is 1.44. The largest absolute Gasteiger partial charge is 0.410 e. The van der Waals surface area contributed by atoms with Gasteiger partial charge in [0.2, 0.25) is 0 Å². The third-order valence-electron chi connectivity index (χ3n) is 2.10. The van der Waals surface area contributed by atoms with Crippen molar-refractivity contribution < 1.29 is 4.84 Å². The van der Waals surface area contributed by atoms with Gasteiger partial charge in [-0.2, -0.15) is 4.73 Å². The summed E-state index contributed by atoms with van der Waals surface area (Å²) in [6, 6.07) is 2.11. The molecule has 0 radical (unpaired) electrons. The molecule has 0 aliphatic rings. The SMILES string of the molecule is C=CCOn1ccc(CC)c1CC. The first-order valence-electron chi connectivity index (χ1n) is 4.76. The van der Waals surface area contributed by atoms with Crippen LogP contribution in [0.3, 0.4) is 0 Å². The molecule has 1 heterocycles. The van der Waals surface area contributed by atoms with Gasteiger partial charge < -0.3 is 4.84 Å². The van der Waals surface area contributed by atoms with Crippen molar-refractivity contribution in [3.8, 4) is 0 Å². The van der Waals surface area contributed by atoms with E-state index >= 15 is 0 Å². The maximum absolute atomic E-state index is 5.46. The molecule has 0 N–H and O–H groups in total. The highest BCUT2D eigenvalue weighted by molar-refractivity contribution is 5.21. The molecule has 0 fully saturated rings. The highest BCUT2D eigenvalue weighted by atomic mass is 16.7. The van der Waals surface area contributed by atoms with Crippen molar-refractivity contribution >= 4 is 0 Å². The molecule has 0 aliphatic carbocycles. The minimum absolute atomic E-state index is 0.560. The first-order valence-corrected chi connectivity index (χ1v) is 4.76. The molecule has 1 aromatic rings. The summed E-state index contributed by atoms with van der Waals surface area (Å²) >= 11 is 0. The Hall–Kier alpha value is -1.18. The van der Waals surface area contributed by atoms with E-state index in [4.69, 9.17) is 4.84 Å². The maximum Gasteiger partial charge on any atom is 0.133 e. The van der Waals surface area contributed by atoms with E-state index in [1.807, 2.05) is 10.9 Å². The maximum atomic E-state index is 5.46. The lowest BCUT2D eigenvalue weighted by Crippen LogP contribution is -2.13. The summed E-state index contributed by atoms with van der Waals surface area (Å²) in [4.78, 5) is 5.46. The molecule has 2 heteroatoms. The van der Waals surface area contributed by atoms with Gasteiger partial charge in [0, 0.05) is 6.20 Å². The molecule has 0 aromatic carbocycles. The minimum Gasteiger partial charge on any atom is -0.410 e. The summed E-state index contributed by atoms with van der Waals surface area (Å²) in [6.45, 7) is 8.48. The zero-order valence-corrected chi connectivity index (χ0v) is 8.42. The van der Waals surface area contributed by atoms with E-state index in [0.717, 1.165) is 12.8 Å². The van der Waals surface area contributed by atoms with Gasteiger partial charge in [-0.25, -0.2) is 0 Å². The van der Waals surface area contributed by atoms with Crippen LogP contribution in [0.5, 0.6) is 0 Å². The van der Waals surface area contributed by atoms with Crippen molar-refractivity contribution in [2.24, 2.45) is 0 Å². The molecule has 0 amide bonds. The van der Waals surface area contributed by atoms with Crippen LogP contribution >= 0.6 is 0 Å². The molecule has 0 aliphatic heterocycles. The quantitative estimate of drug-likeness (QED) is 0.632. The van der Waals surface area contributed by atoms with Crippen LogP contribution in [-0.2, 0) is 12.8 Å². The van der Waals surface area contributed by atoms with E-state index in [1.54, 1.807) is 6.08 Å². The Balaban J connectivity index is 2.80. The third kappa shape index (κ3) is 2.14. The second kappa shape index (κ2) is 4.75. The molecule has 0 saturated carbocycles. The second-order valence-electron chi connectivity index (χ2n) is 2.91. The number of rotatable bonds is 5. The topological polar surface area (TPSA) is 14.2 Å². The van der Waals surface area contributed by atoms with Crippen LogP contribution in [0.1, 0.15) is 25.1 Å². The van der Waals surface area contributed by atoms with Crippen LogP contribution in [0.2, 0.25) is 0 Å². The van der Waals surface area contributed by atoms with Crippen LogP contribution in [-0.4, -0.2) is 11.3 Å². The van der Waals surface area contributed by atoms with Gasteiger partial charge in [0.15, 0.2) is 0 Å². The smallest absolute Gasteiger partial charge is 0.133 e. The summed E-state index contributed by atoms with van der Waals surface area (Å²) in [5.41, 5.74) is 2.64. The van der Waals surface area contributed by atoms with E-state index in [-0.39, 0.29) is 0 Å². The average molecular weight is 179 g/mol. The molecule has 1 rings (SSSR count). The van der Waals surface area contributed by atoms with Crippen molar-refractivity contribution in [3.63, 3.8) is 0 Å². The summed E-state index contributed by atoms with van der Waals surface area (Å²) < 4.78 is 1.85. The molecule has 0 unspecified atom stereocenters. The van der Waals surface area contributed by atoms with Crippen molar-refractivity contribution in [2.75, 3.05) is 6.61 Å². The van der Waals surface area contributed by atoms with E-state index in [1.165, 1.54) is 11.3 Å². The van der Waals surface area contributed by atoms with Gasteiger partial charge in [0.25, 0.3) is 0 Å². The van der Waals surface area contributed by atoms with Gasteiger partial charge in [0.05, 0.1) is 5.69 Å². The lowest BCUT2D eigenvalue weighted by Gasteiger charge is -2.08. The molecule has 2 nitrogen and oxygen atoms in total. The summed E-state index contributed by atoms with van der Waals surface area (Å²) in [5.74, 6) is 0. The Morgan fingerprint density at radius 3 is 2.77 bits per heavy atom. The van der Waals surface area contributed by atoms with Crippen LogP contribution in [0.15, 0.2) is 24.9 Å². The number of nitrogens with zero attached hydrogens (tertiary/aromatic N) is 1. The third-order valence-corrected chi connectivity index (χ3v) is 2.10. The fraction of sp³-hybridized carbons (Fsp3) is 0.455. The monoisotopic (exact) mass is 179 g/mol. The van der Waals surface area contributed by atoms with Crippen LogP contribution in [0.4, 0.5) is 0 Å². The predicted octanol–water partition coefficient (Wildman–Crippen LogP) is 2.23. The van der Waals surface area contributed by atoms with Crippen molar-refractivity contribution in [1.82, 2.24) is 4.73 Å². The summed E-state index contributed by atoms with van der Waals surface area (Å²) in [7, 11) is 0. The lowest BCUT2D eigenvalue weighted by atomic mass is 10.1. The molecular formula is C11H17NO. The molecule has 0 spiro atoms. The molecular weight excluding hydrogens is 162 g/mol. The first-order chi connectivity index (χ1) is 6.33. The number of hydrogen-bond donors (Lipinski definition) is 0. The highest BCUT2D eigenvalue weighted by Gasteiger charge is 2.05. The number of aryl methyl sites for hydroxylation is 1. The normalized spacial score (nSPS) is 10.0. The van der Waals surface area contributed by atoms with Gasteiger partial charge in [0.1, 0.15) is 6.61 Å². The zero-order valence-electron chi connectivity index (χ0n) is 8.42. The summed E-state index contributed by atoms with van der Waals surface area (Å²) in [5, 5.41) is 0. The standard InChI is InChI=1S/C11H17NO/c1-4-9-13-12-8-7-10(5-2)11(12)6-3/h4,7-8H,1,5-6,9H2,2-3H3. The molecule has 0 bridgehead atoms. The number of hydrogen-bond acceptors (Lipinski definition) is 1. The van der Waals surface area contributed by atoms with Gasteiger partial charge >= 0.3 is 0 Å². The van der Waals surface area contributed by atoms with Crippen LogP contribution in [0.25, 0.3) is 0 Å². The van der Waals surface area contributed by atoms with Crippen LogP contribution < -0.4 is 4.84 Å².